The van der Waals surface area contributed by atoms with E-state index in [4.69, 9.17) is 5.21 Å². The second kappa shape index (κ2) is 7.94. The van der Waals surface area contributed by atoms with Gasteiger partial charge < -0.3 is 0 Å². The Balaban J connectivity index is 1.80. The molecule has 3 N–H and O–H groups in total. The number of rotatable bonds is 5. The van der Waals surface area contributed by atoms with Crippen molar-refractivity contribution in [3.63, 3.8) is 0 Å². The van der Waals surface area contributed by atoms with Crippen LogP contribution in [-0.4, -0.2) is 24.5 Å². The summed E-state index contributed by atoms with van der Waals surface area (Å²) >= 11 is 0. The van der Waals surface area contributed by atoms with E-state index in [0.29, 0.717) is 33.1 Å². The van der Waals surface area contributed by atoms with Crippen LogP contribution in [0.5, 0.6) is 0 Å². The molecule has 4 rings (SSSR count). The summed E-state index contributed by atoms with van der Waals surface area (Å²) in [6.07, 6.45) is 2.50. The number of nitrogens with one attached hydrogen (secondary N) is 2. The zero-order chi connectivity index (χ0) is 21.1. The maximum Gasteiger partial charge on any atom is 0.267 e. The number of anilines is 1. The molecule has 0 unspecified atom stereocenters. The minimum Gasteiger partial charge on any atom is -0.288 e. The van der Waals surface area contributed by atoms with Gasteiger partial charge in [-0.05, 0) is 35.9 Å². The van der Waals surface area contributed by atoms with Gasteiger partial charge in [-0.15, -0.1) is 0 Å². The molecule has 1 amide bonds. The molecule has 1 aromatic heterocycles. The Bertz CT molecular complexity index is 1340. The monoisotopic (exact) mass is 419 g/mol. The molecule has 3 aromatic carbocycles. The van der Waals surface area contributed by atoms with Crippen molar-refractivity contribution in [2.45, 2.75) is 4.90 Å². The van der Waals surface area contributed by atoms with Gasteiger partial charge in [0.15, 0.2) is 0 Å². The number of aromatic nitrogens is 1. The van der Waals surface area contributed by atoms with Crippen molar-refractivity contribution in [1.82, 2.24) is 10.5 Å². The van der Waals surface area contributed by atoms with E-state index in [2.05, 4.69) is 9.71 Å². The van der Waals surface area contributed by atoms with Crippen LogP contribution in [0.25, 0.3) is 27.9 Å². The molecule has 0 spiro atoms. The van der Waals surface area contributed by atoms with Crippen LogP contribution in [0.15, 0.2) is 83.8 Å². The van der Waals surface area contributed by atoms with Gasteiger partial charge >= 0.3 is 0 Å². The highest BCUT2D eigenvalue weighted by Crippen LogP contribution is 2.32. The molecule has 0 aliphatic carbocycles. The summed E-state index contributed by atoms with van der Waals surface area (Å²) in [5.41, 5.74) is 3.79. The van der Waals surface area contributed by atoms with Gasteiger partial charge in [0.05, 0.1) is 21.6 Å². The minimum absolute atomic E-state index is 0.0408. The van der Waals surface area contributed by atoms with Crippen LogP contribution in [-0.2, 0) is 14.8 Å². The lowest BCUT2D eigenvalue weighted by Crippen LogP contribution is -2.15. The molecule has 0 fully saturated rings. The van der Waals surface area contributed by atoms with Crippen LogP contribution in [0.4, 0.5) is 5.69 Å². The van der Waals surface area contributed by atoms with Gasteiger partial charge in [0.2, 0.25) is 0 Å². The molecule has 7 nitrogen and oxygen atoms in total. The molecule has 0 radical (unpaired) electrons. The Hall–Kier alpha value is -3.75. The fourth-order valence-electron chi connectivity index (χ4n) is 3.14. The number of amides is 1. The lowest BCUT2D eigenvalue weighted by atomic mass is 10.1. The standard InChI is InChI=1S/C22H17N3O4S/c26-21(24-27)13-12-15-6-5-7-16(14-15)30(28,29)25-22-17-8-1-3-10-19(17)23-20-11-4-2-9-18(20)22/h1-14,27H,(H,23,25)(H,24,26). The van der Waals surface area contributed by atoms with E-state index in [1.807, 2.05) is 48.5 Å². The normalized spacial score (nSPS) is 11.8. The first-order chi connectivity index (χ1) is 14.5. The van der Waals surface area contributed by atoms with Gasteiger partial charge in [-0.25, -0.2) is 18.9 Å². The van der Waals surface area contributed by atoms with Crippen LogP contribution >= 0.6 is 0 Å². The maximum atomic E-state index is 13.2. The van der Waals surface area contributed by atoms with E-state index in [1.165, 1.54) is 23.7 Å². The smallest absolute Gasteiger partial charge is 0.267 e. The fourth-order valence-corrected chi connectivity index (χ4v) is 4.29. The number of carbonyl (C=O) groups is 1. The summed E-state index contributed by atoms with van der Waals surface area (Å²) in [7, 11) is -3.92. The fraction of sp³-hybridized carbons (Fsp3) is 0. The molecule has 8 heteroatoms. The lowest BCUT2D eigenvalue weighted by molar-refractivity contribution is -0.124. The Morgan fingerprint density at radius 3 is 2.17 bits per heavy atom. The van der Waals surface area contributed by atoms with Gasteiger partial charge in [-0.1, -0.05) is 48.5 Å². The first kappa shape index (κ1) is 19.6. The van der Waals surface area contributed by atoms with E-state index in [0.717, 1.165) is 6.08 Å². The Morgan fingerprint density at radius 1 is 0.900 bits per heavy atom. The van der Waals surface area contributed by atoms with Crippen LogP contribution in [0.2, 0.25) is 0 Å². The SMILES string of the molecule is O=C(C=Cc1cccc(S(=O)(=O)Nc2c3ccccc3nc3ccccc23)c1)NO. The second-order valence-corrected chi connectivity index (χ2v) is 8.19. The molecule has 1 heterocycles. The molecule has 0 bridgehead atoms. The van der Waals surface area contributed by atoms with Crippen molar-refractivity contribution in [3.05, 3.63) is 84.4 Å². The zero-order valence-corrected chi connectivity index (χ0v) is 16.4. The Morgan fingerprint density at radius 2 is 1.53 bits per heavy atom. The topological polar surface area (TPSA) is 108 Å². The number of hydrogen-bond acceptors (Lipinski definition) is 5. The predicted molar refractivity (Wildman–Crippen MR) is 115 cm³/mol. The quantitative estimate of drug-likeness (QED) is 0.198. The van der Waals surface area contributed by atoms with Gasteiger partial charge in [0.1, 0.15) is 0 Å². The molecule has 0 saturated heterocycles. The molecule has 0 saturated carbocycles. The van der Waals surface area contributed by atoms with Crippen molar-refractivity contribution in [1.29, 1.82) is 0 Å². The molecule has 4 aromatic rings. The van der Waals surface area contributed by atoms with E-state index in [9.17, 15) is 13.2 Å². The van der Waals surface area contributed by atoms with E-state index in [1.54, 1.807) is 12.1 Å². The average molecular weight is 419 g/mol. The van der Waals surface area contributed by atoms with Crippen LogP contribution in [0.1, 0.15) is 5.56 Å². The third-order valence-corrected chi connectivity index (χ3v) is 5.88. The van der Waals surface area contributed by atoms with Crippen LogP contribution < -0.4 is 10.2 Å². The number of benzene rings is 3. The molecule has 0 atom stereocenters. The third kappa shape index (κ3) is 3.86. The van der Waals surface area contributed by atoms with Gasteiger partial charge in [-0.2, -0.15) is 0 Å². The number of hydroxylamine groups is 1. The number of para-hydroxylation sites is 2. The summed E-state index contributed by atoms with van der Waals surface area (Å²) < 4.78 is 29.0. The number of sulfonamides is 1. The van der Waals surface area contributed by atoms with E-state index in [-0.39, 0.29) is 4.90 Å². The Labute approximate surface area is 172 Å². The number of fused-ring (bicyclic) bond motifs is 2. The van der Waals surface area contributed by atoms with Gasteiger partial charge in [-0.3, -0.25) is 14.7 Å². The highest BCUT2D eigenvalue weighted by Gasteiger charge is 2.18. The lowest BCUT2D eigenvalue weighted by Gasteiger charge is -2.14. The van der Waals surface area contributed by atoms with Gasteiger partial charge in [0, 0.05) is 16.8 Å². The summed E-state index contributed by atoms with van der Waals surface area (Å²) in [6.45, 7) is 0. The van der Waals surface area contributed by atoms with Crippen molar-refractivity contribution in [2.24, 2.45) is 0 Å². The number of nitrogens with zero attached hydrogens (tertiary/aromatic N) is 1. The van der Waals surface area contributed by atoms with Crippen molar-refractivity contribution < 1.29 is 18.4 Å². The Kier molecular flexibility index (Phi) is 5.18. The van der Waals surface area contributed by atoms with E-state index < -0.39 is 15.9 Å². The van der Waals surface area contributed by atoms with Crippen molar-refractivity contribution >= 4 is 49.5 Å². The molecule has 150 valence electrons. The van der Waals surface area contributed by atoms with Crippen LogP contribution in [0, 0.1) is 0 Å². The third-order valence-electron chi connectivity index (χ3n) is 4.53. The highest BCUT2D eigenvalue weighted by molar-refractivity contribution is 7.92. The predicted octanol–water partition coefficient (Wildman–Crippen LogP) is 3.71. The van der Waals surface area contributed by atoms with Gasteiger partial charge in [0.25, 0.3) is 15.9 Å². The summed E-state index contributed by atoms with van der Waals surface area (Å²) in [6, 6.07) is 20.8. The summed E-state index contributed by atoms with van der Waals surface area (Å²) in [5.74, 6) is -0.712. The second-order valence-electron chi connectivity index (χ2n) is 6.51. The molecular weight excluding hydrogens is 402 g/mol. The first-order valence-electron chi connectivity index (χ1n) is 9.00. The summed E-state index contributed by atoms with van der Waals surface area (Å²) in [4.78, 5) is 15.8. The molecule has 0 aliphatic heterocycles. The minimum atomic E-state index is -3.92. The van der Waals surface area contributed by atoms with E-state index >= 15 is 0 Å². The maximum absolute atomic E-state index is 13.2. The molecule has 0 aliphatic rings. The highest BCUT2D eigenvalue weighted by atomic mass is 32.2. The average Bonchev–Trinajstić information content (AvgIpc) is 2.77. The van der Waals surface area contributed by atoms with Crippen molar-refractivity contribution in [2.75, 3.05) is 4.72 Å². The number of carbonyl (C=O) groups excluding carboxylic acids is 1. The summed E-state index contributed by atoms with van der Waals surface area (Å²) in [5, 5.41) is 9.95. The number of pyridine rings is 1. The van der Waals surface area contributed by atoms with Crippen LogP contribution in [0.3, 0.4) is 0 Å². The largest absolute Gasteiger partial charge is 0.288 e. The number of hydrogen-bond donors (Lipinski definition) is 3. The first-order valence-corrected chi connectivity index (χ1v) is 10.5. The van der Waals surface area contributed by atoms with Crippen molar-refractivity contribution in [3.8, 4) is 0 Å². The zero-order valence-electron chi connectivity index (χ0n) is 15.6. The molecular formula is C22H17N3O4S. The molecule has 30 heavy (non-hydrogen) atoms.